The zero-order chi connectivity index (χ0) is 29.4. The minimum atomic E-state index is -4.93. The van der Waals surface area contributed by atoms with Crippen LogP contribution in [0.2, 0.25) is 0 Å². The van der Waals surface area contributed by atoms with Crippen molar-refractivity contribution in [2.75, 3.05) is 31.9 Å². The van der Waals surface area contributed by atoms with E-state index in [0.29, 0.717) is 5.30 Å². The number of methoxy groups -OCH3 is 1. The molecule has 0 aliphatic carbocycles. The molecule has 1 fully saturated rings. The highest BCUT2D eigenvalue weighted by Crippen LogP contribution is 2.42. The maximum Gasteiger partial charge on any atom is 0.573 e. The molecule has 1 aliphatic rings. The zero-order valence-corrected chi connectivity index (χ0v) is 22.4. The summed E-state index contributed by atoms with van der Waals surface area (Å²) in [5, 5.41) is 2.84. The first kappa shape index (κ1) is 29.1. The van der Waals surface area contributed by atoms with Gasteiger partial charge in [-0.25, -0.2) is 8.78 Å². The molecule has 2 amide bonds. The Hall–Kier alpha value is -3.92. The van der Waals surface area contributed by atoms with E-state index in [-0.39, 0.29) is 23.5 Å². The van der Waals surface area contributed by atoms with Crippen LogP contribution < -0.4 is 25.0 Å². The Morgan fingerprint density at radius 3 is 2.15 bits per heavy atom. The van der Waals surface area contributed by atoms with Gasteiger partial charge in [0, 0.05) is 41.0 Å². The van der Waals surface area contributed by atoms with Gasteiger partial charge in [-0.3, -0.25) is 9.59 Å². The summed E-state index contributed by atoms with van der Waals surface area (Å²) >= 11 is 0. The molecular weight excluding hydrogens is 558 g/mol. The normalized spacial score (nSPS) is 17.6. The van der Waals surface area contributed by atoms with E-state index < -0.39 is 60.2 Å². The number of nitrogens with one attached hydrogen (secondary N) is 1. The molecule has 0 saturated carbocycles. The van der Waals surface area contributed by atoms with Gasteiger partial charge in [0.05, 0.1) is 12.8 Å². The summed E-state index contributed by atoms with van der Waals surface area (Å²) in [6, 6.07) is 10.8. The average molecular weight is 582 g/mol. The van der Waals surface area contributed by atoms with Crippen molar-refractivity contribution in [3.05, 3.63) is 83.4 Å². The van der Waals surface area contributed by atoms with Crippen LogP contribution in [0.15, 0.2) is 60.7 Å². The largest absolute Gasteiger partial charge is 0.573 e. The number of hydrogen-bond donors (Lipinski definition) is 1. The molecule has 212 valence electrons. The van der Waals surface area contributed by atoms with Gasteiger partial charge in [0.1, 0.15) is 36.3 Å². The van der Waals surface area contributed by atoms with Crippen LogP contribution in [0.5, 0.6) is 11.5 Å². The Morgan fingerprint density at radius 2 is 1.60 bits per heavy atom. The van der Waals surface area contributed by atoms with Crippen molar-refractivity contribution in [2.45, 2.75) is 18.3 Å². The first-order valence-electron chi connectivity index (χ1n) is 11.8. The summed E-state index contributed by atoms with van der Waals surface area (Å²) in [7, 11) is -1.68. The lowest BCUT2D eigenvalue weighted by atomic mass is 9.92. The van der Waals surface area contributed by atoms with E-state index in [1.807, 2.05) is 0 Å². The Balaban J connectivity index is 1.73. The Morgan fingerprint density at radius 1 is 1.00 bits per heavy atom. The lowest BCUT2D eigenvalue weighted by Crippen LogP contribution is -2.44. The van der Waals surface area contributed by atoms with Crippen LogP contribution in [0, 0.1) is 11.6 Å². The summed E-state index contributed by atoms with van der Waals surface area (Å²) < 4.78 is 89.5. The molecule has 1 N–H and O–H groups in total. The van der Waals surface area contributed by atoms with Gasteiger partial charge in [0.15, 0.2) is 0 Å². The number of para-hydroxylation sites is 1. The highest BCUT2D eigenvalue weighted by atomic mass is 31.2. The summed E-state index contributed by atoms with van der Waals surface area (Å²) in [6.07, 6.45) is -4.93. The topological polar surface area (TPSA) is 84.9 Å². The highest BCUT2D eigenvalue weighted by molar-refractivity contribution is 7.70. The molecule has 0 bridgehead atoms. The fourth-order valence-electron chi connectivity index (χ4n) is 4.58. The van der Waals surface area contributed by atoms with E-state index >= 15 is 8.78 Å². The van der Waals surface area contributed by atoms with Crippen LogP contribution in [0.3, 0.4) is 0 Å². The number of nitrogens with zero attached hydrogens (tertiary/aromatic N) is 1. The van der Waals surface area contributed by atoms with E-state index in [2.05, 4.69) is 10.1 Å². The molecule has 1 heterocycles. The molecule has 7 nitrogen and oxygen atoms in total. The van der Waals surface area contributed by atoms with Gasteiger partial charge in [-0.05, 0) is 49.7 Å². The second-order valence-electron chi connectivity index (χ2n) is 9.42. The number of rotatable bonds is 7. The number of amides is 2. The van der Waals surface area contributed by atoms with Crippen molar-refractivity contribution in [3.8, 4) is 11.5 Å². The highest BCUT2D eigenvalue weighted by Gasteiger charge is 2.46. The molecular formula is C27H24F5N2O5P. The van der Waals surface area contributed by atoms with Crippen molar-refractivity contribution in [1.82, 2.24) is 5.32 Å². The van der Waals surface area contributed by atoms with Crippen molar-refractivity contribution < 1.29 is 45.6 Å². The van der Waals surface area contributed by atoms with Crippen LogP contribution in [-0.2, 0) is 9.36 Å². The molecule has 1 saturated heterocycles. The lowest BCUT2D eigenvalue weighted by Gasteiger charge is -2.22. The number of ether oxygens (including phenoxy) is 2. The molecule has 3 aromatic rings. The van der Waals surface area contributed by atoms with Crippen LogP contribution in [0.1, 0.15) is 21.8 Å². The summed E-state index contributed by atoms with van der Waals surface area (Å²) in [5.74, 6) is -5.48. The smallest absolute Gasteiger partial charge is 0.497 e. The molecule has 0 aromatic heterocycles. The summed E-state index contributed by atoms with van der Waals surface area (Å²) in [5.41, 5.74) is -0.322. The van der Waals surface area contributed by atoms with E-state index in [4.69, 9.17) is 4.74 Å². The van der Waals surface area contributed by atoms with E-state index in [1.54, 1.807) is 24.3 Å². The minimum absolute atomic E-state index is 0.0927. The number of carbonyl (C=O) groups excluding carboxylic acids is 2. The van der Waals surface area contributed by atoms with Crippen molar-refractivity contribution in [2.24, 2.45) is 0 Å². The fraction of sp³-hybridized carbons (Fsp3) is 0.259. The van der Waals surface area contributed by atoms with E-state index in [9.17, 15) is 27.3 Å². The first-order valence-corrected chi connectivity index (χ1v) is 14.5. The predicted molar refractivity (Wildman–Crippen MR) is 138 cm³/mol. The van der Waals surface area contributed by atoms with Crippen LogP contribution >= 0.6 is 7.14 Å². The molecule has 4 rings (SSSR count). The third-order valence-electron chi connectivity index (χ3n) is 6.36. The first-order chi connectivity index (χ1) is 18.7. The number of hydrogen-bond acceptors (Lipinski definition) is 5. The Labute approximate surface area is 226 Å². The zero-order valence-electron chi connectivity index (χ0n) is 21.5. The third kappa shape index (κ3) is 6.12. The molecule has 13 heteroatoms. The van der Waals surface area contributed by atoms with Crippen molar-refractivity contribution >= 4 is 29.9 Å². The number of carbonyl (C=O) groups is 2. The second kappa shape index (κ2) is 10.9. The average Bonchev–Trinajstić information content (AvgIpc) is 3.17. The van der Waals surface area contributed by atoms with Crippen LogP contribution in [-0.4, -0.2) is 51.2 Å². The van der Waals surface area contributed by atoms with Crippen molar-refractivity contribution in [3.63, 3.8) is 0 Å². The second-order valence-corrected chi connectivity index (χ2v) is 12.6. The number of alkyl halides is 3. The lowest BCUT2D eigenvalue weighted by molar-refractivity contribution is -0.274. The SMILES string of the molecule is COc1cc(F)c([C@@H]2CN(c3ccccc3P(C)(C)=O)C(=O)C2NC(=O)c2ccc(OC(F)(F)F)cc2)c(F)c1. The molecule has 3 aromatic carbocycles. The molecule has 0 spiro atoms. The standard InChI is InChI=1S/C27H24F5N2O5P/c1-38-17-12-19(28)23(20(29)13-17)18-14-34(21-6-4-5-7-22(21)40(2,3)37)26(36)24(18)33-25(35)15-8-10-16(11-9-15)39-27(30,31)32/h4-13,18,24H,14H2,1-3H3,(H,33,35)/t18-,24?/m0/s1. The summed E-state index contributed by atoms with van der Waals surface area (Å²) in [6.45, 7) is 2.76. The Bertz CT molecular complexity index is 1470. The monoisotopic (exact) mass is 582 g/mol. The van der Waals surface area contributed by atoms with E-state index in [0.717, 1.165) is 36.4 Å². The van der Waals surface area contributed by atoms with Gasteiger partial charge in [-0.1, -0.05) is 12.1 Å². The van der Waals surface area contributed by atoms with Crippen LogP contribution in [0.4, 0.5) is 27.6 Å². The van der Waals surface area contributed by atoms with Gasteiger partial charge in [-0.15, -0.1) is 13.2 Å². The molecule has 0 radical (unpaired) electrons. The van der Waals surface area contributed by atoms with Crippen LogP contribution in [0.25, 0.3) is 0 Å². The number of anilines is 1. The molecule has 1 unspecified atom stereocenters. The summed E-state index contributed by atoms with van der Waals surface area (Å²) in [4.78, 5) is 28.0. The quantitative estimate of drug-likeness (QED) is 0.312. The minimum Gasteiger partial charge on any atom is -0.497 e. The predicted octanol–water partition coefficient (Wildman–Crippen LogP) is 5.05. The fourth-order valence-corrected chi connectivity index (χ4v) is 5.77. The maximum atomic E-state index is 15.2. The third-order valence-corrected chi connectivity index (χ3v) is 7.90. The maximum absolute atomic E-state index is 15.2. The molecule has 1 aliphatic heterocycles. The van der Waals surface area contributed by atoms with Gasteiger partial charge in [-0.2, -0.15) is 0 Å². The van der Waals surface area contributed by atoms with Crippen molar-refractivity contribution in [1.29, 1.82) is 0 Å². The van der Waals surface area contributed by atoms with Gasteiger partial charge in [0.2, 0.25) is 5.91 Å². The molecule has 2 atom stereocenters. The van der Waals surface area contributed by atoms with Gasteiger partial charge < -0.3 is 24.3 Å². The van der Waals surface area contributed by atoms with Gasteiger partial charge >= 0.3 is 6.36 Å². The van der Waals surface area contributed by atoms with Gasteiger partial charge in [0.25, 0.3) is 5.91 Å². The number of benzene rings is 3. The Kier molecular flexibility index (Phi) is 7.94. The number of halogens is 5. The van der Waals surface area contributed by atoms with E-state index in [1.165, 1.54) is 25.3 Å². The molecule has 40 heavy (non-hydrogen) atoms.